The summed E-state index contributed by atoms with van der Waals surface area (Å²) in [7, 11) is 1.99. The zero-order valence-electron chi connectivity index (χ0n) is 19.9. The highest BCUT2D eigenvalue weighted by molar-refractivity contribution is 14.0. The molecule has 3 rings (SSSR count). The Bertz CT molecular complexity index is 847. The summed E-state index contributed by atoms with van der Waals surface area (Å²) in [6, 6.07) is 8.79. The SMILES string of the molecule is CCOCCCNC(=NCc1nnc(C)n1C)N1CCN(Cc2cccc(C)c2)CC1.I. The summed E-state index contributed by atoms with van der Waals surface area (Å²) in [5, 5.41) is 11.9. The smallest absolute Gasteiger partial charge is 0.194 e. The Morgan fingerprint density at radius 2 is 1.94 bits per heavy atom. The average molecular weight is 556 g/mol. The molecule has 178 valence electrons. The van der Waals surface area contributed by atoms with Crippen LogP contribution < -0.4 is 5.32 Å². The van der Waals surface area contributed by atoms with E-state index >= 15 is 0 Å². The van der Waals surface area contributed by atoms with E-state index in [0.717, 1.165) is 76.5 Å². The van der Waals surface area contributed by atoms with Crippen molar-refractivity contribution in [2.24, 2.45) is 12.0 Å². The third-order valence-corrected chi connectivity index (χ3v) is 5.67. The molecule has 1 aromatic carbocycles. The van der Waals surface area contributed by atoms with Gasteiger partial charge >= 0.3 is 0 Å². The number of hydrogen-bond acceptors (Lipinski definition) is 5. The number of hydrogen-bond donors (Lipinski definition) is 1. The first-order valence-corrected chi connectivity index (χ1v) is 11.3. The molecule has 1 aliphatic rings. The molecular formula is C23H38IN7O. The maximum atomic E-state index is 5.47. The largest absolute Gasteiger partial charge is 0.382 e. The van der Waals surface area contributed by atoms with E-state index in [-0.39, 0.29) is 24.0 Å². The lowest BCUT2D eigenvalue weighted by Gasteiger charge is -2.36. The van der Waals surface area contributed by atoms with Crippen LogP contribution in [-0.2, 0) is 24.9 Å². The molecule has 0 bridgehead atoms. The third-order valence-electron chi connectivity index (χ3n) is 5.67. The van der Waals surface area contributed by atoms with E-state index < -0.39 is 0 Å². The van der Waals surface area contributed by atoms with Crippen LogP contribution in [0.4, 0.5) is 0 Å². The Kier molecular flexibility index (Phi) is 11.4. The maximum absolute atomic E-state index is 5.47. The van der Waals surface area contributed by atoms with Gasteiger partial charge in [-0.05, 0) is 32.8 Å². The second-order valence-corrected chi connectivity index (χ2v) is 8.09. The van der Waals surface area contributed by atoms with Crippen LogP contribution in [-0.4, -0.2) is 76.5 Å². The first-order valence-electron chi connectivity index (χ1n) is 11.3. The van der Waals surface area contributed by atoms with E-state index in [9.17, 15) is 0 Å². The molecule has 0 unspecified atom stereocenters. The van der Waals surface area contributed by atoms with Crippen molar-refractivity contribution in [3.8, 4) is 0 Å². The molecule has 2 heterocycles. The number of aryl methyl sites for hydroxylation is 2. The number of guanidine groups is 1. The number of benzene rings is 1. The van der Waals surface area contributed by atoms with Crippen molar-refractivity contribution in [2.75, 3.05) is 45.9 Å². The molecule has 9 heteroatoms. The number of aliphatic imine (C=N–C) groups is 1. The first kappa shape index (κ1) is 26.5. The molecule has 1 aliphatic heterocycles. The molecule has 0 aliphatic carbocycles. The molecular weight excluding hydrogens is 517 g/mol. The monoisotopic (exact) mass is 555 g/mol. The second kappa shape index (κ2) is 13.7. The van der Waals surface area contributed by atoms with Crippen molar-refractivity contribution in [3.05, 3.63) is 47.0 Å². The van der Waals surface area contributed by atoms with Crippen LogP contribution in [0.2, 0.25) is 0 Å². The fraction of sp³-hybridized carbons (Fsp3) is 0.609. The third kappa shape index (κ3) is 8.00. The van der Waals surface area contributed by atoms with Crippen LogP contribution in [0.3, 0.4) is 0 Å². The summed E-state index contributed by atoms with van der Waals surface area (Å²) in [5.41, 5.74) is 2.70. The standard InChI is InChI=1S/C23H37N7O.HI/c1-5-31-15-7-10-24-23(25-17-22-27-26-20(3)28(22)4)30-13-11-29(12-14-30)18-21-9-6-8-19(2)16-21;/h6,8-9,16H,5,7,10-15,17-18H2,1-4H3,(H,24,25);1H. The number of rotatable bonds is 9. The second-order valence-electron chi connectivity index (χ2n) is 8.09. The van der Waals surface area contributed by atoms with Crippen LogP contribution in [0.25, 0.3) is 0 Å². The quantitative estimate of drug-likeness (QED) is 0.222. The molecule has 0 amide bonds. The van der Waals surface area contributed by atoms with E-state index in [0.29, 0.717) is 6.54 Å². The van der Waals surface area contributed by atoms with E-state index in [4.69, 9.17) is 9.73 Å². The highest BCUT2D eigenvalue weighted by Gasteiger charge is 2.20. The van der Waals surface area contributed by atoms with Gasteiger partial charge in [0, 0.05) is 59.5 Å². The number of halogens is 1. The van der Waals surface area contributed by atoms with Gasteiger partial charge in [0.2, 0.25) is 0 Å². The lowest BCUT2D eigenvalue weighted by Crippen LogP contribution is -2.52. The van der Waals surface area contributed by atoms with Crippen molar-refractivity contribution in [2.45, 2.75) is 40.3 Å². The van der Waals surface area contributed by atoms with Gasteiger partial charge in [-0.15, -0.1) is 34.2 Å². The van der Waals surface area contributed by atoms with Gasteiger partial charge in [-0.2, -0.15) is 0 Å². The minimum atomic E-state index is 0. The fourth-order valence-electron chi connectivity index (χ4n) is 3.71. The average Bonchev–Trinajstić information content (AvgIpc) is 3.08. The number of nitrogens with one attached hydrogen (secondary N) is 1. The van der Waals surface area contributed by atoms with E-state index in [1.807, 2.05) is 25.5 Å². The van der Waals surface area contributed by atoms with Crippen LogP contribution in [0.1, 0.15) is 36.1 Å². The Hall–Kier alpha value is -1.72. The molecule has 1 fully saturated rings. The van der Waals surface area contributed by atoms with Crippen LogP contribution in [0, 0.1) is 13.8 Å². The Labute approximate surface area is 209 Å². The molecule has 8 nitrogen and oxygen atoms in total. The molecule has 0 spiro atoms. The summed E-state index contributed by atoms with van der Waals surface area (Å²) < 4.78 is 7.46. The van der Waals surface area contributed by atoms with E-state index in [1.54, 1.807) is 0 Å². The van der Waals surface area contributed by atoms with Crippen molar-refractivity contribution < 1.29 is 4.74 Å². The lowest BCUT2D eigenvalue weighted by atomic mass is 10.1. The predicted molar refractivity (Wildman–Crippen MR) is 139 cm³/mol. The zero-order valence-corrected chi connectivity index (χ0v) is 22.2. The normalized spacial score (nSPS) is 15.0. The van der Waals surface area contributed by atoms with Crippen molar-refractivity contribution in [3.63, 3.8) is 0 Å². The summed E-state index contributed by atoms with van der Waals surface area (Å²) in [4.78, 5) is 9.75. The highest BCUT2D eigenvalue weighted by Crippen LogP contribution is 2.11. The molecule has 2 aromatic rings. The summed E-state index contributed by atoms with van der Waals surface area (Å²) in [5.74, 6) is 2.73. The van der Waals surface area contributed by atoms with Gasteiger partial charge in [0.05, 0.1) is 0 Å². The molecule has 0 radical (unpaired) electrons. The van der Waals surface area contributed by atoms with E-state index in [1.165, 1.54) is 11.1 Å². The van der Waals surface area contributed by atoms with Gasteiger partial charge < -0.3 is 19.5 Å². The van der Waals surface area contributed by atoms with Crippen molar-refractivity contribution in [1.82, 2.24) is 29.9 Å². The molecule has 32 heavy (non-hydrogen) atoms. The zero-order chi connectivity index (χ0) is 22.1. The van der Waals surface area contributed by atoms with Crippen molar-refractivity contribution in [1.29, 1.82) is 0 Å². The summed E-state index contributed by atoms with van der Waals surface area (Å²) >= 11 is 0. The van der Waals surface area contributed by atoms with Crippen molar-refractivity contribution >= 4 is 29.9 Å². The molecule has 0 saturated carbocycles. The maximum Gasteiger partial charge on any atom is 0.194 e. The Morgan fingerprint density at radius 3 is 2.59 bits per heavy atom. The van der Waals surface area contributed by atoms with Gasteiger partial charge in [-0.25, -0.2) is 4.99 Å². The molecule has 1 saturated heterocycles. The number of ether oxygens (including phenoxy) is 1. The molecule has 0 atom stereocenters. The van der Waals surface area contributed by atoms with E-state index in [2.05, 4.69) is 56.5 Å². The van der Waals surface area contributed by atoms with Gasteiger partial charge in [0.15, 0.2) is 11.8 Å². The van der Waals surface area contributed by atoms with Gasteiger partial charge in [-0.3, -0.25) is 4.90 Å². The lowest BCUT2D eigenvalue weighted by molar-refractivity contribution is 0.145. The Balaban J connectivity index is 0.00000363. The van der Waals surface area contributed by atoms with Gasteiger partial charge in [-0.1, -0.05) is 29.8 Å². The Morgan fingerprint density at radius 1 is 1.16 bits per heavy atom. The summed E-state index contributed by atoms with van der Waals surface area (Å²) in [6.07, 6.45) is 0.962. The van der Waals surface area contributed by atoms with Crippen LogP contribution >= 0.6 is 24.0 Å². The first-order chi connectivity index (χ1) is 15.1. The van der Waals surface area contributed by atoms with Gasteiger partial charge in [0.1, 0.15) is 12.4 Å². The number of piperazine rings is 1. The predicted octanol–water partition coefficient (Wildman–Crippen LogP) is 2.74. The number of aromatic nitrogens is 3. The molecule has 1 aromatic heterocycles. The minimum absolute atomic E-state index is 0. The topological polar surface area (TPSA) is 70.8 Å². The number of nitrogens with zero attached hydrogens (tertiary/aromatic N) is 6. The van der Waals surface area contributed by atoms with Crippen LogP contribution in [0.15, 0.2) is 29.3 Å². The van der Waals surface area contributed by atoms with Crippen LogP contribution in [0.5, 0.6) is 0 Å². The minimum Gasteiger partial charge on any atom is -0.382 e. The summed E-state index contributed by atoms with van der Waals surface area (Å²) in [6.45, 7) is 14.0. The molecule has 1 N–H and O–H groups in total. The highest BCUT2D eigenvalue weighted by atomic mass is 127. The van der Waals surface area contributed by atoms with Gasteiger partial charge in [0.25, 0.3) is 0 Å². The fourth-order valence-corrected chi connectivity index (χ4v) is 3.71.